The first-order valence-corrected chi connectivity index (χ1v) is 9.08. The van der Waals surface area contributed by atoms with E-state index in [0.29, 0.717) is 0 Å². The second-order valence-corrected chi connectivity index (χ2v) is 8.63. The number of alkyl halides is 3. The topological polar surface area (TPSA) is 70.4 Å². The van der Waals surface area contributed by atoms with E-state index in [1.807, 2.05) is 6.08 Å². The zero-order chi connectivity index (χ0) is 18.2. The number of fused-ring (bicyclic) bond motifs is 5. The van der Waals surface area contributed by atoms with E-state index in [4.69, 9.17) is 10.00 Å². The predicted octanol–water partition coefficient (Wildman–Crippen LogP) is 2.44. The molecule has 4 atom stereocenters. The van der Waals surface area contributed by atoms with Crippen LogP contribution in [0.25, 0.3) is 0 Å². The molecule has 1 aromatic carbocycles. The molecule has 2 fully saturated rings. The highest BCUT2D eigenvalue weighted by Gasteiger charge is 2.64. The third-order valence-corrected chi connectivity index (χ3v) is 7.45. The lowest BCUT2D eigenvalue weighted by Crippen LogP contribution is -2.35. The smallest absolute Gasteiger partial charge is 0.362 e. The molecule has 0 aliphatic carbocycles. The molecule has 9 heteroatoms. The molecule has 5 nitrogen and oxygen atoms in total. The van der Waals surface area contributed by atoms with Gasteiger partial charge in [-0.25, -0.2) is 8.42 Å². The van der Waals surface area contributed by atoms with Crippen LogP contribution in [-0.4, -0.2) is 31.9 Å². The summed E-state index contributed by atoms with van der Waals surface area (Å²) in [4.78, 5) is 0. The van der Waals surface area contributed by atoms with Crippen LogP contribution in [0.15, 0.2) is 30.4 Å². The lowest BCUT2D eigenvalue weighted by atomic mass is 9.84. The monoisotopic (exact) mass is 370 g/mol. The Hall–Kier alpha value is -2.05. The van der Waals surface area contributed by atoms with Crippen LogP contribution in [0, 0.1) is 17.2 Å². The van der Waals surface area contributed by atoms with Gasteiger partial charge in [0, 0.05) is 12.5 Å². The van der Waals surface area contributed by atoms with Gasteiger partial charge in [-0.1, -0.05) is 12.2 Å². The van der Waals surface area contributed by atoms with Crippen LogP contribution in [-0.2, 0) is 20.9 Å². The highest BCUT2D eigenvalue weighted by molar-refractivity contribution is 7.93. The van der Waals surface area contributed by atoms with E-state index in [1.165, 1.54) is 12.1 Å². The lowest BCUT2D eigenvalue weighted by molar-refractivity contribution is -0.137. The Balaban J connectivity index is 1.79. The molecule has 4 rings (SSSR count). The molecule has 0 N–H and O–H groups in total. The SMILES string of the molecule is C[C@]12C=C[C@H](O1)[C@@H]1[C@H]2CN(c2ccc(C#N)c(C(F)(F)F)c2)S1(=O)=O. The molecule has 3 aliphatic rings. The second kappa shape index (κ2) is 4.77. The summed E-state index contributed by atoms with van der Waals surface area (Å²) in [7, 11) is -3.86. The molecule has 3 heterocycles. The van der Waals surface area contributed by atoms with Crippen LogP contribution in [0.3, 0.4) is 0 Å². The fourth-order valence-electron chi connectivity index (χ4n) is 3.96. The molecular weight excluding hydrogens is 357 g/mol. The number of hydrogen-bond acceptors (Lipinski definition) is 4. The van der Waals surface area contributed by atoms with E-state index in [2.05, 4.69) is 0 Å². The van der Waals surface area contributed by atoms with Crippen molar-refractivity contribution >= 4 is 15.7 Å². The van der Waals surface area contributed by atoms with Crippen molar-refractivity contribution < 1.29 is 26.3 Å². The summed E-state index contributed by atoms with van der Waals surface area (Å²) in [5, 5.41) is 8.08. The number of ether oxygens (including phenoxy) is 1. The largest absolute Gasteiger partial charge is 0.417 e. The molecular formula is C16H13F3N2O3S. The van der Waals surface area contributed by atoms with Crippen molar-refractivity contribution in [2.45, 2.75) is 30.1 Å². The van der Waals surface area contributed by atoms with Crippen LogP contribution >= 0.6 is 0 Å². The minimum absolute atomic E-state index is 0.0491. The summed E-state index contributed by atoms with van der Waals surface area (Å²) < 4.78 is 72.0. The van der Waals surface area contributed by atoms with Gasteiger partial charge in [0.05, 0.1) is 34.6 Å². The molecule has 0 unspecified atom stereocenters. The number of benzene rings is 1. The maximum Gasteiger partial charge on any atom is 0.417 e. The zero-order valence-electron chi connectivity index (χ0n) is 13.0. The van der Waals surface area contributed by atoms with Crippen molar-refractivity contribution in [1.82, 2.24) is 0 Å². The quantitative estimate of drug-likeness (QED) is 0.712. The van der Waals surface area contributed by atoms with Crippen molar-refractivity contribution in [1.29, 1.82) is 5.26 Å². The highest BCUT2D eigenvalue weighted by Crippen LogP contribution is 2.51. The molecule has 25 heavy (non-hydrogen) atoms. The van der Waals surface area contributed by atoms with Crippen LogP contribution < -0.4 is 4.31 Å². The van der Waals surface area contributed by atoms with Gasteiger partial charge in [0.1, 0.15) is 5.25 Å². The van der Waals surface area contributed by atoms with E-state index in [-0.39, 0.29) is 18.2 Å². The Morgan fingerprint density at radius 1 is 1.40 bits per heavy atom. The van der Waals surface area contributed by atoms with Gasteiger partial charge in [-0.15, -0.1) is 0 Å². The Kier molecular flexibility index (Phi) is 3.13. The molecule has 0 saturated carbocycles. The normalized spacial score (nSPS) is 35.0. The standard InChI is InChI=1S/C16H13F3N2O3S/c1-15-5-4-13(24-15)14-12(15)8-21(25(14,22)23)10-3-2-9(7-20)11(6-10)16(17,18)19/h2-6,12-14H,8H2,1H3/t12-,13+,14+,15-/m1/s1. The summed E-state index contributed by atoms with van der Waals surface area (Å²) in [5.41, 5.74) is -2.48. The van der Waals surface area contributed by atoms with Gasteiger partial charge in [0.2, 0.25) is 10.0 Å². The van der Waals surface area contributed by atoms with Gasteiger partial charge in [-0.2, -0.15) is 18.4 Å². The third kappa shape index (κ3) is 2.14. The van der Waals surface area contributed by atoms with E-state index < -0.39 is 44.3 Å². The van der Waals surface area contributed by atoms with Crippen molar-refractivity contribution in [2.24, 2.45) is 5.92 Å². The number of nitrogens with zero attached hydrogens (tertiary/aromatic N) is 2. The van der Waals surface area contributed by atoms with E-state index in [1.54, 1.807) is 13.0 Å². The fourth-order valence-corrected chi connectivity index (χ4v) is 6.29. The van der Waals surface area contributed by atoms with Crippen molar-refractivity contribution in [3.8, 4) is 6.07 Å². The first-order valence-electron chi connectivity index (χ1n) is 7.58. The molecule has 132 valence electrons. The average Bonchev–Trinajstić information content (AvgIpc) is 3.13. The summed E-state index contributed by atoms with van der Waals surface area (Å²) >= 11 is 0. The van der Waals surface area contributed by atoms with Gasteiger partial charge in [-0.05, 0) is 25.1 Å². The number of sulfonamides is 1. The second-order valence-electron chi connectivity index (χ2n) is 6.61. The third-order valence-electron chi connectivity index (χ3n) is 5.19. The molecule has 2 bridgehead atoms. The Morgan fingerprint density at radius 2 is 2.12 bits per heavy atom. The summed E-state index contributed by atoms with van der Waals surface area (Å²) in [6, 6.07) is 4.47. The first-order chi connectivity index (χ1) is 11.6. The number of halogens is 3. The average molecular weight is 370 g/mol. The van der Waals surface area contributed by atoms with Crippen molar-refractivity contribution in [3.05, 3.63) is 41.5 Å². The molecule has 1 aromatic rings. The molecule has 0 aromatic heterocycles. The van der Waals surface area contributed by atoms with Gasteiger partial charge in [0.15, 0.2) is 0 Å². The fraction of sp³-hybridized carbons (Fsp3) is 0.438. The molecule has 2 saturated heterocycles. The minimum atomic E-state index is -4.74. The Morgan fingerprint density at radius 3 is 2.72 bits per heavy atom. The van der Waals surface area contributed by atoms with Gasteiger partial charge in [0.25, 0.3) is 0 Å². The van der Waals surface area contributed by atoms with Crippen LogP contribution in [0.4, 0.5) is 18.9 Å². The number of anilines is 1. The number of rotatable bonds is 1. The van der Waals surface area contributed by atoms with Gasteiger partial charge >= 0.3 is 6.18 Å². The first kappa shape index (κ1) is 16.4. The maximum atomic E-state index is 13.2. The predicted molar refractivity (Wildman–Crippen MR) is 82.1 cm³/mol. The number of nitriles is 1. The Labute approximate surface area is 142 Å². The van der Waals surface area contributed by atoms with E-state index in [0.717, 1.165) is 16.4 Å². The molecule has 0 amide bonds. The molecule has 0 radical (unpaired) electrons. The van der Waals surface area contributed by atoms with Crippen molar-refractivity contribution in [2.75, 3.05) is 10.8 Å². The van der Waals surface area contributed by atoms with E-state index in [9.17, 15) is 21.6 Å². The van der Waals surface area contributed by atoms with Crippen LogP contribution in [0.5, 0.6) is 0 Å². The number of hydrogen-bond donors (Lipinski definition) is 0. The maximum absolute atomic E-state index is 13.2. The van der Waals surface area contributed by atoms with Crippen LogP contribution in [0.2, 0.25) is 0 Å². The molecule has 0 spiro atoms. The van der Waals surface area contributed by atoms with Gasteiger partial charge < -0.3 is 4.74 Å². The van der Waals surface area contributed by atoms with E-state index >= 15 is 0 Å². The lowest BCUT2D eigenvalue weighted by Gasteiger charge is -2.25. The van der Waals surface area contributed by atoms with Crippen LogP contribution in [0.1, 0.15) is 18.1 Å². The minimum Gasteiger partial charge on any atom is -0.362 e. The Bertz CT molecular complexity index is 935. The molecule has 3 aliphatic heterocycles. The van der Waals surface area contributed by atoms with Crippen molar-refractivity contribution in [3.63, 3.8) is 0 Å². The summed E-state index contributed by atoms with van der Waals surface area (Å²) in [5.74, 6) is -0.350. The highest BCUT2D eigenvalue weighted by atomic mass is 32.2. The summed E-state index contributed by atoms with van der Waals surface area (Å²) in [6.07, 6.45) is -1.80. The van der Waals surface area contributed by atoms with Gasteiger partial charge in [-0.3, -0.25) is 4.31 Å². The zero-order valence-corrected chi connectivity index (χ0v) is 13.8. The summed E-state index contributed by atoms with van der Waals surface area (Å²) in [6.45, 7) is 1.83.